The zero-order valence-corrected chi connectivity index (χ0v) is 3.64. The molecular weight excluding hydrogens is 120 g/mol. The van der Waals surface area contributed by atoms with Crippen LogP contribution in [-0.2, 0) is 4.84 Å². The Morgan fingerprint density at radius 1 is 1.38 bits per heavy atom. The second kappa shape index (κ2) is 2.72. The molecule has 0 saturated carbocycles. The normalized spacial score (nSPS) is 8.00. The van der Waals surface area contributed by atoms with Gasteiger partial charge in [0.1, 0.15) is 0 Å². The van der Waals surface area contributed by atoms with E-state index < -0.39 is 16.7 Å². The Kier molecular flexibility index (Phi) is 2.24. The first-order chi connectivity index (χ1) is 3.63. The van der Waals surface area contributed by atoms with Crippen LogP contribution in [0.5, 0.6) is 0 Å². The molecule has 0 radical (unpaired) electrons. The van der Waals surface area contributed by atoms with Gasteiger partial charge in [0.2, 0.25) is 0 Å². The van der Waals surface area contributed by atoms with Gasteiger partial charge in [-0.15, -0.1) is 10.1 Å². The van der Waals surface area contributed by atoms with Crippen LogP contribution >= 0.6 is 0 Å². The fraction of sp³-hybridized carbons (Fsp3) is 1.00. The summed E-state index contributed by atoms with van der Waals surface area (Å²) in [6.07, 6.45) is 0. The van der Waals surface area contributed by atoms with Crippen LogP contribution in [-0.4, -0.2) is 16.7 Å². The summed E-state index contributed by atoms with van der Waals surface area (Å²) in [6.45, 7) is -1.09. The van der Waals surface area contributed by atoms with Gasteiger partial charge in [-0.25, -0.2) is 4.84 Å². The van der Waals surface area contributed by atoms with E-state index in [0.29, 0.717) is 0 Å². The van der Waals surface area contributed by atoms with Gasteiger partial charge >= 0.3 is 11.8 Å². The lowest BCUT2D eigenvalue weighted by Gasteiger charge is -1.86. The monoisotopic (exact) mass is 122 g/mol. The smallest absolute Gasteiger partial charge is 0.262 e. The molecule has 0 aliphatic heterocycles. The molecule has 0 unspecified atom stereocenters. The summed E-state index contributed by atoms with van der Waals surface area (Å²) in [4.78, 5) is 20.8. The molecule has 0 amide bonds. The van der Waals surface area contributed by atoms with Gasteiger partial charge in [-0.3, -0.25) is 10.1 Å². The van der Waals surface area contributed by atoms with Crippen molar-refractivity contribution in [2.75, 3.05) is 6.73 Å². The van der Waals surface area contributed by atoms with Gasteiger partial charge in [0.15, 0.2) is 0 Å². The Labute approximate surface area is 43.1 Å². The van der Waals surface area contributed by atoms with Crippen LogP contribution in [0.15, 0.2) is 0 Å². The van der Waals surface area contributed by atoms with Crippen molar-refractivity contribution in [2.45, 2.75) is 0 Å². The molecule has 8 heavy (non-hydrogen) atoms. The molecule has 0 aromatic rings. The molecule has 0 heterocycles. The minimum Gasteiger partial charge on any atom is -0.262 e. The van der Waals surface area contributed by atoms with E-state index in [1.807, 2.05) is 0 Å². The average Bonchev–Trinajstić information content (AvgIpc) is 1.61. The van der Waals surface area contributed by atoms with Gasteiger partial charge in [-0.1, -0.05) is 0 Å². The van der Waals surface area contributed by atoms with Crippen molar-refractivity contribution in [2.24, 2.45) is 0 Å². The summed E-state index contributed by atoms with van der Waals surface area (Å²) in [6, 6.07) is 0. The van der Waals surface area contributed by atoms with Crippen LogP contribution in [0.25, 0.3) is 0 Å². The molecule has 0 aromatic heterocycles. The standard InChI is InChI=1S/CH2N2O5/c4-2(5)1-8-3(6)7/h1H2. The van der Waals surface area contributed by atoms with Gasteiger partial charge in [-0.05, 0) is 0 Å². The molecule has 0 saturated heterocycles. The molecule has 7 heteroatoms. The Hall–Kier alpha value is -1.40. The Morgan fingerprint density at radius 3 is 2.00 bits per heavy atom. The lowest BCUT2D eigenvalue weighted by Crippen LogP contribution is -2.09. The zero-order valence-electron chi connectivity index (χ0n) is 3.64. The highest BCUT2D eigenvalue weighted by Crippen LogP contribution is 1.72. The van der Waals surface area contributed by atoms with Crippen LogP contribution in [0, 0.1) is 20.2 Å². The fourth-order valence-corrected chi connectivity index (χ4v) is 0.0943. The number of nitro groups is 1. The van der Waals surface area contributed by atoms with E-state index >= 15 is 0 Å². The first-order valence-electron chi connectivity index (χ1n) is 1.52. The Bertz CT molecular complexity index is 95.0. The van der Waals surface area contributed by atoms with E-state index in [2.05, 4.69) is 4.84 Å². The molecule has 46 valence electrons. The summed E-state index contributed by atoms with van der Waals surface area (Å²) < 4.78 is 0. The number of rotatable bonds is 3. The Balaban J connectivity index is 3.18. The first-order valence-corrected chi connectivity index (χ1v) is 1.52. The molecule has 0 rings (SSSR count). The van der Waals surface area contributed by atoms with E-state index in [1.165, 1.54) is 0 Å². The summed E-state index contributed by atoms with van der Waals surface area (Å²) in [7, 11) is 0. The van der Waals surface area contributed by atoms with Gasteiger partial charge in [0.25, 0.3) is 0 Å². The third kappa shape index (κ3) is 4.60. The lowest BCUT2D eigenvalue weighted by molar-refractivity contribution is -0.803. The van der Waals surface area contributed by atoms with Crippen molar-refractivity contribution in [1.82, 2.24) is 0 Å². The summed E-state index contributed by atoms with van der Waals surface area (Å²) in [5.41, 5.74) is 0. The van der Waals surface area contributed by atoms with Crippen LogP contribution in [0.3, 0.4) is 0 Å². The molecule has 0 atom stereocenters. The molecule has 0 aromatic carbocycles. The number of hydrogen-bond donors (Lipinski definition) is 0. The van der Waals surface area contributed by atoms with Crippen molar-refractivity contribution in [3.63, 3.8) is 0 Å². The molecule has 0 fully saturated rings. The van der Waals surface area contributed by atoms with Crippen molar-refractivity contribution >= 4 is 0 Å². The average molecular weight is 122 g/mol. The summed E-state index contributed by atoms with van der Waals surface area (Å²) in [5, 5.41) is 17.2. The predicted octanol–water partition coefficient (Wildman–Crippen LogP) is -0.571. The number of nitrogens with zero attached hydrogens (tertiary/aromatic N) is 2. The second-order valence-corrected chi connectivity index (χ2v) is 0.815. The third-order valence-electron chi connectivity index (χ3n) is 0.269. The van der Waals surface area contributed by atoms with Crippen LogP contribution in [0.1, 0.15) is 0 Å². The van der Waals surface area contributed by atoms with E-state index in [-0.39, 0.29) is 0 Å². The van der Waals surface area contributed by atoms with Crippen molar-refractivity contribution in [1.29, 1.82) is 0 Å². The molecule has 0 bridgehead atoms. The maximum absolute atomic E-state index is 9.28. The first kappa shape index (κ1) is 6.60. The topological polar surface area (TPSA) is 95.5 Å². The zero-order chi connectivity index (χ0) is 6.57. The number of hydrogen-bond acceptors (Lipinski definition) is 5. The van der Waals surface area contributed by atoms with Crippen molar-refractivity contribution in [3.8, 4) is 0 Å². The minimum absolute atomic E-state index is 0.942. The van der Waals surface area contributed by atoms with E-state index in [9.17, 15) is 20.2 Å². The molecule has 0 aliphatic carbocycles. The third-order valence-corrected chi connectivity index (χ3v) is 0.269. The van der Waals surface area contributed by atoms with Gasteiger partial charge in [0, 0.05) is 4.92 Å². The molecule has 0 N–H and O–H groups in total. The fourth-order valence-electron chi connectivity index (χ4n) is 0.0943. The molecule has 7 nitrogen and oxygen atoms in total. The second-order valence-electron chi connectivity index (χ2n) is 0.815. The predicted molar refractivity (Wildman–Crippen MR) is 19.9 cm³/mol. The van der Waals surface area contributed by atoms with Crippen LogP contribution in [0.4, 0.5) is 0 Å². The minimum atomic E-state index is -1.22. The van der Waals surface area contributed by atoms with E-state index in [1.54, 1.807) is 0 Å². The Morgan fingerprint density at radius 2 is 1.88 bits per heavy atom. The summed E-state index contributed by atoms with van der Waals surface area (Å²) >= 11 is 0. The highest BCUT2D eigenvalue weighted by molar-refractivity contribution is 3.99. The highest BCUT2D eigenvalue weighted by atomic mass is 17.0. The van der Waals surface area contributed by atoms with Gasteiger partial charge in [0.05, 0.1) is 0 Å². The van der Waals surface area contributed by atoms with E-state index in [0.717, 1.165) is 0 Å². The maximum Gasteiger partial charge on any atom is 0.346 e. The van der Waals surface area contributed by atoms with Gasteiger partial charge < -0.3 is 0 Å². The molecular formula is CH2N2O5. The summed E-state index contributed by atoms with van der Waals surface area (Å²) in [5.74, 6) is 0. The highest BCUT2D eigenvalue weighted by Gasteiger charge is 1.99. The van der Waals surface area contributed by atoms with Crippen molar-refractivity contribution < 1.29 is 14.8 Å². The lowest BCUT2D eigenvalue weighted by atomic mass is 11.3. The SMILES string of the molecule is O=[N+]([O-])CO[N+](=O)[O-]. The van der Waals surface area contributed by atoms with Crippen LogP contribution < -0.4 is 0 Å². The quantitative estimate of drug-likeness (QED) is 0.283. The van der Waals surface area contributed by atoms with E-state index in [4.69, 9.17) is 0 Å². The van der Waals surface area contributed by atoms with Crippen molar-refractivity contribution in [3.05, 3.63) is 20.2 Å². The molecule has 0 spiro atoms. The van der Waals surface area contributed by atoms with Crippen LogP contribution in [0.2, 0.25) is 0 Å². The maximum atomic E-state index is 9.28. The molecule has 0 aliphatic rings. The van der Waals surface area contributed by atoms with Gasteiger partial charge in [-0.2, -0.15) is 0 Å². The largest absolute Gasteiger partial charge is 0.346 e.